The van der Waals surface area contributed by atoms with Crippen molar-refractivity contribution in [2.75, 3.05) is 78.4 Å². The fourth-order valence-electron chi connectivity index (χ4n) is 6.41. The fraction of sp³-hybridized carbons (Fsp3) is 0.321. The summed E-state index contributed by atoms with van der Waals surface area (Å²) < 4.78 is 89.5. The van der Waals surface area contributed by atoms with Gasteiger partial charge in [0.2, 0.25) is 0 Å². The average molecular weight is 937 g/mol. The van der Waals surface area contributed by atoms with Crippen LogP contribution in [0, 0.1) is 0 Å². The van der Waals surface area contributed by atoms with Crippen molar-refractivity contribution < 1.29 is 60.9 Å². The molecular weight excluding hydrogens is 877 g/mol. The third-order valence-corrected chi connectivity index (χ3v) is 11.7. The van der Waals surface area contributed by atoms with E-state index in [4.69, 9.17) is 47.4 Å². The van der Waals surface area contributed by atoms with Gasteiger partial charge < -0.3 is 52.5 Å². The summed E-state index contributed by atoms with van der Waals surface area (Å²) in [6, 6.07) is 54.9. The molecule has 6 aromatic rings. The van der Waals surface area contributed by atoms with Crippen molar-refractivity contribution in [3.05, 3.63) is 182 Å². The van der Waals surface area contributed by atoms with Crippen molar-refractivity contribution in [1.29, 1.82) is 0 Å². The van der Waals surface area contributed by atoms with Crippen LogP contribution in [0.5, 0.6) is 28.7 Å². The van der Waals surface area contributed by atoms with Crippen LogP contribution in [0.2, 0.25) is 0 Å². The molecule has 0 saturated heterocycles. The maximum absolute atomic E-state index is 13.6. The van der Waals surface area contributed by atoms with E-state index in [2.05, 4.69) is 0 Å². The van der Waals surface area contributed by atoms with Gasteiger partial charge in [-0.2, -0.15) is 0 Å². The Bertz CT molecular complexity index is 2280. The van der Waals surface area contributed by atoms with Crippen LogP contribution in [0.1, 0.15) is 0 Å². The quantitative estimate of drug-likeness (QED) is 0.0429. The number of hydrogen-bond donors (Lipinski definition) is 1. The number of sulfone groups is 1. The van der Waals surface area contributed by atoms with Gasteiger partial charge in [-0.05, 0) is 72.8 Å². The van der Waals surface area contributed by atoms with Crippen molar-refractivity contribution in [1.82, 2.24) is 0 Å². The highest BCUT2D eigenvalue weighted by atomic mass is 32.2. The van der Waals surface area contributed by atoms with Gasteiger partial charge >= 0.3 is 0 Å². The first-order chi connectivity index (χ1) is 32.9. The largest absolute Gasteiger partial charge is 0.491 e. The molecule has 0 aromatic heterocycles. The van der Waals surface area contributed by atoms with Crippen LogP contribution in [-0.4, -0.2) is 122 Å². The monoisotopic (exact) mass is 936 g/mol. The Morgan fingerprint density at radius 2 is 0.582 bits per heavy atom. The standard InChI is InChI=1S/C53H60O13S/c54-31-32-57-48(33-58-43-19-7-1-8-20-43)34-63-49(35-59-44-21-9-2-10-22-44)38-64-50(36-60-45-23-11-3-12-24-45)39-65-51(37-61-46-25-13-4-14-26-46)40-66-52(41-62-47-27-15-5-16-28-47)42-67(55,56)53-29-17-6-18-30-53/h1-30,48-52,54H,31-42H2. The van der Waals surface area contributed by atoms with Crippen LogP contribution in [0.3, 0.4) is 0 Å². The van der Waals surface area contributed by atoms with Gasteiger partial charge in [-0.15, -0.1) is 0 Å². The topological polar surface area (TPSA) is 147 Å². The molecule has 0 fully saturated rings. The normalized spacial score (nSPS) is 13.7. The van der Waals surface area contributed by atoms with Crippen LogP contribution >= 0.6 is 0 Å². The molecule has 14 heteroatoms. The summed E-state index contributed by atoms with van der Waals surface area (Å²) in [4.78, 5) is 0.187. The zero-order valence-corrected chi connectivity index (χ0v) is 38.3. The predicted octanol–water partition coefficient (Wildman–Crippen LogP) is 7.77. The highest BCUT2D eigenvalue weighted by Gasteiger charge is 2.26. The number of benzene rings is 6. The van der Waals surface area contributed by atoms with Gasteiger partial charge in [0.05, 0.1) is 50.3 Å². The molecule has 0 aliphatic carbocycles. The summed E-state index contributed by atoms with van der Waals surface area (Å²) in [5.74, 6) is 2.86. The second kappa shape index (κ2) is 28.9. The highest BCUT2D eigenvalue weighted by Crippen LogP contribution is 2.18. The second-order valence-electron chi connectivity index (χ2n) is 15.3. The molecule has 6 rings (SSSR count). The molecule has 67 heavy (non-hydrogen) atoms. The SMILES string of the molecule is O=S(=O)(CC(COc1ccccc1)OCC(COc1ccccc1)OCC(COc1ccccc1)OCC(COc1ccccc1)OCC(COc1ccccc1)OCCO)c1ccccc1. The number of aliphatic hydroxyl groups is 1. The van der Waals surface area contributed by atoms with Gasteiger partial charge in [0.15, 0.2) is 9.84 Å². The van der Waals surface area contributed by atoms with E-state index >= 15 is 0 Å². The number of rotatable bonds is 33. The van der Waals surface area contributed by atoms with Crippen molar-refractivity contribution in [2.45, 2.75) is 35.4 Å². The van der Waals surface area contributed by atoms with Gasteiger partial charge in [-0.3, -0.25) is 0 Å². The third kappa shape index (κ3) is 19.4. The fourth-order valence-corrected chi connectivity index (χ4v) is 7.86. The minimum absolute atomic E-state index is 0.0320. The Morgan fingerprint density at radius 3 is 0.881 bits per heavy atom. The molecule has 13 nitrogen and oxygen atoms in total. The molecule has 0 amide bonds. The summed E-state index contributed by atoms with van der Waals surface area (Å²) in [7, 11) is -3.76. The van der Waals surface area contributed by atoms with E-state index in [0.717, 1.165) is 0 Å². The Labute approximate surface area is 393 Å². The second-order valence-corrected chi connectivity index (χ2v) is 17.3. The molecule has 0 spiro atoms. The smallest absolute Gasteiger partial charge is 0.181 e. The molecule has 0 bridgehead atoms. The van der Waals surface area contributed by atoms with E-state index in [1.807, 2.05) is 140 Å². The molecule has 0 aliphatic heterocycles. The van der Waals surface area contributed by atoms with E-state index in [1.54, 1.807) is 42.5 Å². The van der Waals surface area contributed by atoms with Gasteiger partial charge in [0.1, 0.15) is 92.3 Å². The molecule has 0 saturated carbocycles. The minimum atomic E-state index is -3.76. The molecule has 6 aromatic carbocycles. The van der Waals surface area contributed by atoms with Crippen LogP contribution < -0.4 is 23.7 Å². The lowest BCUT2D eigenvalue weighted by Gasteiger charge is -2.27. The predicted molar refractivity (Wildman–Crippen MR) is 254 cm³/mol. The number of para-hydroxylation sites is 5. The van der Waals surface area contributed by atoms with Gasteiger partial charge in [0.25, 0.3) is 0 Å². The maximum Gasteiger partial charge on any atom is 0.181 e. The Hall–Kier alpha value is -5.97. The average Bonchev–Trinajstić information content (AvgIpc) is 3.38. The summed E-state index contributed by atoms with van der Waals surface area (Å²) in [6.45, 7) is 0.608. The summed E-state index contributed by atoms with van der Waals surface area (Å²) >= 11 is 0. The third-order valence-electron chi connectivity index (χ3n) is 9.92. The van der Waals surface area contributed by atoms with Gasteiger partial charge in [0, 0.05) is 0 Å². The first-order valence-electron chi connectivity index (χ1n) is 22.3. The van der Waals surface area contributed by atoms with Gasteiger partial charge in [-0.25, -0.2) is 8.42 Å². The van der Waals surface area contributed by atoms with Crippen molar-refractivity contribution in [2.24, 2.45) is 0 Å². The lowest BCUT2D eigenvalue weighted by Crippen LogP contribution is -2.39. The number of ether oxygens (including phenoxy) is 10. The molecular formula is C53H60O13S. The molecule has 0 heterocycles. The molecule has 0 radical (unpaired) electrons. The molecule has 5 atom stereocenters. The summed E-state index contributed by atoms with van der Waals surface area (Å²) in [6.07, 6.45) is -3.30. The lowest BCUT2D eigenvalue weighted by molar-refractivity contribution is -0.128. The Morgan fingerprint density at radius 1 is 0.328 bits per heavy atom. The summed E-state index contributed by atoms with van der Waals surface area (Å²) in [5, 5.41) is 9.55. The molecule has 0 aliphatic rings. The van der Waals surface area contributed by atoms with Crippen molar-refractivity contribution in [3.63, 3.8) is 0 Å². The van der Waals surface area contributed by atoms with E-state index in [9.17, 15) is 13.5 Å². The number of aliphatic hydroxyl groups excluding tert-OH is 1. The molecule has 1 N–H and O–H groups in total. The van der Waals surface area contributed by atoms with Crippen LogP contribution in [0.25, 0.3) is 0 Å². The van der Waals surface area contributed by atoms with Crippen molar-refractivity contribution >= 4 is 9.84 Å². The van der Waals surface area contributed by atoms with Crippen LogP contribution in [-0.2, 0) is 33.5 Å². The zero-order valence-electron chi connectivity index (χ0n) is 37.4. The lowest BCUT2D eigenvalue weighted by atomic mass is 10.3. The van der Waals surface area contributed by atoms with Crippen molar-refractivity contribution in [3.8, 4) is 28.7 Å². The molecule has 5 unspecified atom stereocenters. The first-order valence-corrected chi connectivity index (χ1v) is 23.9. The zero-order chi connectivity index (χ0) is 46.6. The number of hydrogen-bond acceptors (Lipinski definition) is 13. The van der Waals surface area contributed by atoms with Crippen LogP contribution in [0.4, 0.5) is 0 Å². The van der Waals surface area contributed by atoms with Crippen LogP contribution in [0.15, 0.2) is 187 Å². The van der Waals surface area contributed by atoms with E-state index in [0.29, 0.717) is 28.7 Å². The van der Waals surface area contributed by atoms with E-state index in [1.165, 1.54) is 0 Å². The molecule has 356 valence electrons. The minimum Gasteiger partial charge on any atom is -0.491 e. The highest BCUT2D eigenvalue weighted by molar-refractivity contribution is 7.91. The Balaban J connectivity index is 1.16. The van der Waals surface area contributed by atoms with E-state index in [-0.39, 0.29) is 83.3 Å². The summed E-state index contributed by atoms with van der Waals surface area (Å²) in [5.41, 5.74) is 0. The first kappa shape index (κ1) is 50.4. The maximum atomic E-state index is 13.6. The Kier molecular flexibility index (Phi) is 21.8. The van der Waals surface area contributed by atoms with Gasteiger partial charge in [-0.1, -0.05) is 109 Å². The van der Waals surface area contributed by atoms with E-state index < -0.39 is 40.4 Å².